The molecule has 0 amide bonds. The van der Waals surface area contributed by atoms with E-state index in [4.69, 9.17) is 4.74 Å². The SMILES string of the molecule is CC#CC1(OC(=O)c2ccc(-[s+]3c4ccccc4c4ccccc43)cc2)CC1. The second-order valence-corrected chi connectivity index (χ2v) is 9.05. The van der Waals surface area contributed by atoms with Gasteiger partial charge in [-0.1, -0.05) is 30.2 Å². The molecular weight excluding hydrogens is 364 g/mol. The molecule has 0 unspecified atom stereocenters. The van der Waals surface area contributed by atoms with Crippen molar-refractivity contribution in [1.82, 2.24) is 0 Å². The minimum Gasteiger partial charge on any atom is -0.442 e. The fourth-order valence-electron chi connectivity index (χ4n) is 3.66. The summed E-state index contributed by atoms with van der Waals surface area (Å²) < 4.78 is 8.33. The zero-order chi connectivity index (χ0) is 19.1. The van der Waals surface area contributed by atoms with E-state index in [9.17, 15) is 4.79 Å². The van der Waals surface area contributed by atoms with Crippen molar-refractivity contribution in [2.45, 2.75) is 25.4 Å². The molecule has 1 aromatic heterocycles. The zero-order valence-corrected chi connectivity index (χ0v) is 16.4. The van der Waals surface area contributed by atoms with E-state index >= 15 is 0 Å². The number of thiophene rings is 1. The third kappa shape index (κ3) is 2.78. The Morgan fingerprint density at radius 2 is 1.46 bits per heavy atom. The van der Waals surface area contributed by atoms with Crippen molar-refractivity contribution in [3.8, 4) is 16.7 Å². The van der Waals surface area contributed by atoms with Gasteiger partial charge in [-0.3, -0.25) is 0 Å². The number of carbonyl (C=O) groups excluding carboxylic acids is 1. The van der Waals surface area contributed by atoms with Crippen molar-refractivity contribution in [1.29, 1.82) is 0 Å². The molecule has 4 aromatic rings. The Balaban J connectivity index is 1.54. The summed E-state index contributed by atoms with van der Waals surface area (Å²) in [5.74, 6) is 5.60. The number of ether oxygens (including phenoxy) is 1. The third-order valence-corrected chi connectivity index (χ3v) is 7.51. The van der Waals surface area contributed by atoms with Crippen LogP contribution < -0.4 is 0 Å². The van der Waals surface area contributed by atoms with Crippen LogP contribution in [0.15, 0.2) is 72.8 Å². The van der Waals surface area contributed by atoms with Crippen LogP contribution in [0.3, 0.4) is 0 Å². The first-order valence-electron chi connectivity index (χ1n) is 9.41. The summed E-state index contributed by atoms with van der Waals surface area (Å²) >= 11 is 0. The van der Waals surface area contributed by atoms with E-state index in [0.717, 1.165) is 12.8 Å². The molecule has 3 aromatic carbocycles. The van der Waals surface area contributed by atoms with Crippen LogP contribution in [0, 0.1) is 11.8 Å². The van der Waals surface area contributed by atoms with E-state index in [1.165, 1.54) is 25.1 Å². The largest absolute Gasteiger partial charge is 0.442 e. The fraction of sp³-hybridized carbons (Fsp3) is 0.160. The summed E-state index contributed by atoms with van der Waals surface area (Å²) in [6.07, 6.45) is 1.66. The molecule has 0 N–H and O–H groups in total. The maximum atomic E-state index is 12.5. The highest BCUT2D eigenvalue weighted by atomic mass is 32.2. The molecule has 0 saturated heterocycles. The quantitative estimate of drug-likeness (QED) is 0.231. The lowest BCUT2D eigenvalue weighted by Crippen LogP contribution is -2.17. The number of rotatable bonds is 3. The number of carbonyl (C=O) groups is 1. The molecule has 2 nitrogen and oxygen atoms in total. The Kier molecular flexibility index (Phi) is 3.96. The van der Waals surface area contributed by atoms with Crippen LogP contribution in [0.5, 0.6) is 0 Å². The maximum Gasteiger partial charge on any atom is 0.339 e. The monoisotopic (exact) mass is 383 g/mol. The molecule has 0 atom stereocenters. The van der Waals surface area contributed by atoms with Gasteiger partial charge in [-0.05, 0) is 55.5 Å². The zero-order valence-electron chi connectivity index (χ0n) is 15.6. The molecule has 5 rings (SSSR count). The van der Waals surface area contributed by atoms with Crippen LogP contribution in [0.1, 0.15) is 30.1 Å². The molecule has 28 heavy (non-hydrogen) atoms. The van der Waals surface area contributed by atoms with Gasteiger partial charge < -0.3 is 4.74 Å². The van der Waals surface area contributed by atoms with Gasteiger partial charge in [0.25, 0.3) is 0 Å². The summed E-state index contributed by atoms with van der Waals surface area (Å²) in [5.41, 5.74) is 0.0348. The van der Waals surface area contributed by atoms with E-state index in [2.05, 4.69) is 72.5 Å². The average molecular weight is 383 g/mol. The van der Waals surface area contributed by atoms with Gasteiger partial charge in [0.1, 0.15) is 0 Å². The van der Waals surface area contributed by atoms with Crippen molar-refractivity contribution in [2.24, 2.45) is 0 Å². The number of esters is 1. The van der Waals surface area contributed by atoms with E-state index in [-0.39, 0.29) is 16.4 Å². The van der Waals surface area contributed by atoms with Gasteiger partial charge in [0, 0.05) is 34.1 Å². The van der Waals surface area contributed by atoms with Crippen LogP contribution in [0.4, 0.5) is 0 Å². The number of hydrogen-bond acceptors (Lipinski definition) is 2. The molecule has 1 saturated carbocycles. The van der Waals surface area contributed by atoms with E-state index < -0.39 is 5.60 Å². The van der Waals surface area contributed by atoms with Gasteiger partial charge in [0.15, 0.2) is 19.9 Å². The maximum absolute atomic E-state index is 12.5. The molecule has 0 spiro atoms. The number of benzene rings is 3. The summed E-state index contributed by atoms with van der Waals surface area (Å²) in [6.45, 7) is 1.78. The molecule has 1 aliphatic carbocycles. The second kappa shape index (κ2) is 6.51. The Labute approximate surface area is 166 Å². The molecule has 1 heterocycles. The lowest BCUT2D eigenvalue weighted by Gasteiger charge is -2.10. The molecule has 136 valence electrons. The van der Waals surface area contributed by atoms with Crippen LogP contribution in [0.25, 0.3) is 25.1 Å². The smallest absolute Gasteiger partial charge is 0.339 e. The summed E-state index contributed by atoms with van der Waals surface area (Å²) in [7, 11) is -0.146. The highest BCUT2D eigenvalue weighted by molar-refractivity contribution is 7.50. The minimum absolute atomic E-state index is 0.146. The van der Waals surface area contributed by atoms with E-state index in [1.807, 2.05) is 12.1 Å². The molecular formula is C25H19O2S+. The Morgan fingerprint density at radius 3 is 2.00 bits per heavy atom. The normalized spacial score (nSPS) is 14.5. The van der Waals surface area contributed by atoms with Gasteiger partial charge in [0.05, 0.1) is 5.56 Å². The Bertz CT molecular complexity index is 1210. The molecule has 1 aliphatic rings. The van der Waals surface area contributed by atoms with Crippen molar-refractivity contribution >= 4 is 36.6 Å². The first-order chi connectivity index (χ1) is 13.7. The predicted octanol–water partition coefficient (Wildman–Crippen LogP) is 6.44. The topological polar surface area (TPSA) is 26.3 Å². The highest BCUT2D eigenvalue weighted by Crippen LogP contribution is 2.48. The van der Waals surface area contributed by atoms with E-state index in [0.29, 0.717) is 5.56 Å². The van der Waals surface area contributed by atoms with Crippen molar-refractivity contribution in [3.05, 3.63) is 78.4 Å². The standard InChI is InChI=1S/C25H19O2S/c1-2-15-25(16-17-25)27-24(26)18-11-13-19(14-12-18)28-22-9-5-3-7-20(22)21-8-4-6-10-23(21)28/h3-14H,16-17H2,1H3/q+1. The van der Waals surface area contributed by atoms with Gasteiger partial charge in [-0.25, -0.2) is 4.79 Å². The molecule has 0 aliphatic heterocycles. The van der Waals surface area contributed by atoms with Crippen molar-refractivity contribution in [2.75, 3.05) is 0 Å². The summed E-state index contributed by atoms with van der Waals surface area (Å²) in [5, 5.41) is 2.61. The Morgan fingerprint density at radius 1 is 0.893 bits per heavy atom. The lowest BCUT2D eigenvalue weighted by atomic mass is 10.2. The molecule has 3 heteroatoms. The van der Waals surface area contributed by atoms with Crippen molar-refractivity contribution in [3.63, 3.8) is 0 Å². The minimum atomic E-state index is -0.546. The van der Waals surface area contributed by atoms with Gasteiger partial charge in [-0.15, -0.1) is 5.92 Å². The molecule has 0 bridgehead atoms. The second-order valence-electron chi connectivity index (χ2n) is 7.08. The first-order valence-corrected chi connectivity index (χ1v) is 10.6. The van der Waals surface area contributed by atoms with Crippen LogP contribution in [0.2, 0.25) is 0 Å². The van der Waals surface area contributed by atoms with Crippen LogP contribution in [-0.4, -0.2) is 11.6 Å². The lowest BCUT2D eigenvalue weighted by molar-refractivity contribution is 0.0361. The predicted molar refractivity (Wildman–Crippen MR) is 116 cm³/mol. The summed E-state index contributed by atoms with van der Waals surface area (Å²) in [6, 6.07) is 25.1. The van der Waals surface area contributed by atoms with Gasteiger partial charge in [0.2, 0.25) is 0 Å². The summed E-state index contributed by atoms with van der Waals surface area (Å²) in [4.78, 5) is 13.7. The van der Waals surface area contributed by atoms with Crippen molar-refractivity contribution < 1.29 is 9.53 Å². The Hall–Kier alpha value is -3.09. The van der Waals surface area contributed by atoms with Gasteiger partial charge >= 0.3 is 5.97 Å². The van der Waals surface area contributed by atoms with Crippen LogP contribution >= 0.6 is 10.5 Å². The van der Waals surface area contributed by atoms with E-state index in [1.54, 1.807) is 6.92 Å². The highest BCUT2D eigenvalue weighted by Gasteiger charge is 2.45. The molecule has 0 radical (unpaired) electrons. The third-order valence-electron chi connectivity index (χ3n) is 5.17. The first kappa shape index (κ1) is 17.0. The number of hydrogen-bond donors (Lipinski definition) is 0. The number of fused-ring (bicyclic) bond motifs is 3. The van der Waals surface area contributed by atoms with Crippen LogP contribution in [-0.2, 0) is 4.74 Å². The van der Waals surface area contributed by atoms with Gasteiger partial charge in [-0.2, -0.15) is 0 Å². The average Bonchev–Trinajstić information content (AvgIpc) is 3.40. The fourth-order valence-corrected chi connectivity index (χ4v) is 6.04. The molecule has 1 fully saturated rings.